The molecule has 20 heavy (non-hydrogen) atoms. The molecule has 2 heteroatoms. The molecule has 1 fully saturated rings. The minimum Gasteiger partial charge on any atom is -0.381 e. The molecule has 1 atom stereocenters. The van der Waals surface area contributed by atoms with E-state index in [1.807, 2.05) is 0 Å². The highest BCUT2D eigenvalue weighted by atomic mass is 16.5. The van der Waals surface area contributed by atoms with Gasteiger partial charge in [-0.25, -0.2) is 0 Å². The summed E-state index contributed by atoms with van der Waals surface area (Å²) in [4.78, 5) is 0. The van der Waals surface area contributed by atoms with Crippen LogP contribution >= 0.6 is 0 Å². The van der Waals surface area contributed by atoms with Crippen molar-refractivity contribution in [3.8, 4) is 0 Å². The third kappa shape index (κ3) is 4.32. The lowest BCUT2D eigenvalue weighted by molar-refractivity contribution is 0.0605. The molecule has 1 saturated heterocycles. The second-order valence-corrected chi connectivity index (χ2v) is 6.14. The van der Waals surface area contributed by atoms with E-state index in [0.717, 1.165) is 25.7 Å². The summed E-state index contributed by atoms with van der Waals surface area (Å²) in [6.45, 7) is 9.62. The molecule has 2 nitrogen and oxygen atoms in total. The fourth-order valence-electron chi connectivity index (χ4n) is 2.95. The molecular weight excluding hydrogens is 246 g/mol. The van der Waals surface area contributed by atoms with Crippen molar-refractivity contribution < 1.29 is 4.74 Å². The first-order chi connectivity index (χ1) is 9.70. The molecule has 0 saturated carbocycles. The van der Waals surface area contributed by atoms with Gasteiger partial charge in [0.1, 0.15) is 0 Å². The summed E-state index contributed by atoms with van der Waals surface area (Å²) < 4.78 is 5.48. The van der Waals surface area contributed by atoms with Gasteiger partial charge in [0.2, 0.25) is 0 Å². The zero-order valence-electron chi connectivity index (χ0n) is 13.2. The summed E-state index contributed by atoms with van der Waals surface area (Å²) in [5.74, 6) is 0.805. The first-order valence-electron chi connectivity index (χ1n) is 8.09. The van der Waals surface area contributed by atoms with Gasteiger partial charge in [0, 0.05) is 19.3 Å². The van der Waals surface area contributed by atoms with Gasteiger partial charge in [0.05, 0.1) is 0 Å². The smallest absolute Gasteiger partial charge is 0.0468 e. The summed E-state index contributed by atoms with van der Waals surface area (Å²) >= 11 is 0. The molecule has 1 aromatic rings. The predicted octanol–water partition coefficient (Wildman–Crippen LogP) is 4.16. The van der Waals surface area contributed by atoms with Crippen LogP contribution in [-0.4, -0.2) is 19.8 Å². The predicted molar refractivity (Wildman–Crippen MR) is 85.1 cm³/mol. The Morgan fingerprint density at radius 2 is 1.95 bits per heavy atom. The van der Waals surface area contributed by atoms with Crippen LogP contribution in [0, 0.1) is 19.8 Å². The molecule has 1 aliphatic rings. The topological polar surface area (TPSA) is 21.3 Å². The van der Waals surface area contributed by atoms with Crippen LogP contribution in [0.4, 0.5) is 0 Å². The Labute approximate surface area is 123 Å². The Morgan fingerprint density at radius 1 is 1.20 bits per heavy atom. The van der Waals surface area contributed by atoms with Crippen LogP contribution < -0.4 is 5.32 Å². The zero-order chi connectivity index (χ0) is 14.4. The quantitative estimate of drug-likeness (QED) is 0.841. The molecule has 1 aliphatic heterocycles. The van der Waals surface area contributed by atoms with Gasteiger partial charge in [-0.3, -0.25) is 0 Å². The van der Waals surface area contributed by atoms with E-state index in [1.165, 1.54) is 42.4 Å². The Hall–Kier alpha value is -0.860. The van der Waals surface area contributed by atoms with E-state index in [2.05, 4.69) is 44.3 Å². The third-order valence-electron chi connectivity index (χ3n) is 4.48. The maximum absolute atomic E-state index is 5.48. The Kier molecular flexibility index (Phi) is 6.06. The van der Waals surface area contributed by atoms with Crippen LogP contribution in [0.25, 0.3) is 0 Å². The van der Waals surface area contributed by atoms with E-state index < -0.39 is 0 Å². The summed E-state index contributed by atoms with van der Waals surface area (Å²) in [6, 6.07) is 7.42. The van der Waals surface area contributed by atoms with Crippen LogP contribution in [0.2, 0.25) is 0 Å². The molecule has 1 unspecified atom stereocenters. The summed E-state index contributed by atoms with van der Waals surface area (Å²) in [6.07, 6.45) is 4.87. The Morgan fingerprint density at radius 3 is 2.60 bits per heavy atom. The minimum atomic E-state index is 0.498. The standard InChI is InChI=1S/C18H29NO/c1-4-9-19-18(13-16-7-10-20-11-8-16)17-6-5-14(2)15(3)12-17/h5-6,12,16,18-19H,4,7-11,13H2,1-3H3. The van der Waals surface area contributed by atoms with Crippen molar-refractivity contribution in [3.63, 3.8) is 0 Å². The van der Waals surface area contributed by atoms with Crippen LogP contribution in [-0.2, 0) is 4.74 Å². The summed E-state index contributed by atoms with van der Waals surface area (Å²) in [7, 11) is 0. The van der Waals surface area contributed by atoms with Gasteiger partial charge >= 0.3 is 0 Å². The first kappa shape index (κ1) is 15.5. The lowest BCUT2D eigenvalue weighted by atomic mass is 9.88. The average molecular weight is 275 g/mol. The van der Waals surface area contributed by atoms with E-state index in [-0.39, 0.29) is 0 Å². The third-order valence-corrected chi connectivity index (χ3v) is 4.48. The largest absolute Gasteiger partial charge is 0.381 e. The lowest BCUT2D eigenvalue weighted by Gasteiger charge is -2.28. The molecule has 1 heterocycles. The van der Waals surface area contributed by atoms with Gasteiger partial charge in [0.25, 0.3) is 0 Å². The molecule has 0 aromatic heterocycles. The highest BCUT2D eigenvalue weighted by molar-refractivity contribution is 5.31. The maximum Gasteiger partial charge on any atom is 0.0468 e. The van der Waals surface area contributed by atoms with Gasteiger partial charge in [-0.1, -0.05) is 25.1 Å². The van der Waals surface area contributed by atoms with Crippen LogP contribution in [0.15, 0.2) is 18.2 Å². The van der Waals surface area contributed by atoms with Crippen molar-refractivity contribution in [1.29, 1.82) is 0 Å². The van der Waals surface area contributed by atoms with E-state index >= 15 is 0 Å². The average Bonchev–Trinajstić information content (AvgIpc) is 2.47. The van der Waals surface area contributed by atoms with Gasteiger partial charge < -0.3 is 10.1 Å². The van der Waals surface area contributed by atoms with E-state index in [1.54, 1.807) is 0 Å². The van der Waals surface area contributed by atoms with Crippen molar-refractivity contribution in [1.82, 2.24) is 5.32 Å². The van der Waals surface area contributed by atoms with Crippen molar-refractivity contribution in [2.75, 3.05) is 19.8 Å². The Balaban J connectivity index is 2.06. The molecule has 112 valence electrons. The number of nitrogens with one attached hydrogen (secondary N) is 1. The van der Waals surface area contributed by atoms with E-state index in [0.29, 0.717) is 6.04 Å². The normalized spacial score (nSPS) is 18.1. The molecule has 0 bridgehead atoms. The number of rotatable bonds is 6. The van der Waals surface area contributed by atoms with Gasteiger partial charge in [-0.15, -0.1) is 0 Å². The zero-order valence-corrected chi connectivity index (χ0v) is 13.2. The maximum atomic E-state index is 5.48. The van der Waals surface area contributed by atoms with Crippen molar-refractivity contribution in [2.24, 2.45) is 5.92 Å². The molecule has 1 N–H and O–H groups in total. The monoisotopic (exact) mass is 275 g/mol. The van der Waals surface area contributed by atoms with Gasteiger partial charge in [0.15, 0.2) is 0 Å². The second kappa shape index (κ2) is 7.80. The molecule has 0 amide bonds. The van der Waals surface area contributed by atoms with E-state index in [9.17, 15) is 0 Å². The minimum absolute atomic E-state index is 0.498. The molecule has 2 rings (SSSR count). The number of ether oxygens (including phenoxy) is 1. The molecule has 0 aliphatic carbocycles. The highest BCUT2D eigenvalue weighted by Crippen LogP contribution is 2.28. The summed E-state index contributed by atoms with van der Waals surface area (Å²) in [5, 5.41) is 3.74. The summed E-state index contributed by atoms with van der Waals surface area (Å²) in [5.41, 5.74) is 4.24. The second-order valence-electron chi connectivity index (χ2n) is 6.14. The van der Waals surface area contributed by atoms with Crippen LogP contribution in [0.1, 0.15) is 55.3 Å². The van der Waals surface area contributed by atoms with Gasteiger partial charge in [-0.05, 0) is 68.7 Å². The number of aryl methyl sites for hydroxylation is 2. The van der Waals surface area contributed by atoms with E-state index in [4.69, 9.17) is 4.74 Å². The van der Waals surface area contributed by atoms with Crippen molar-refractivity contribution in [3.05, 3.63) is 34.9 Å². The van der Waals surface area contributed by atoms with Gasteiger partial charge in [-0.2, -0.15) is 0 Å². The lowest BCUT2D eigenvalue weighted by Crippen LogP contribution is -2.27. The van der Waals surface area contributed by atoms with Crippen LogP contribution in [0.3, 0.4) is 0 Å². The molecule has 1 aromatic carbocycles. The first-order valence-corrected chi connectivity index (χ1v) is 8.09. The molecule has 0 spiro atoms. The number of hydrogen-bond acceptors (Lipinski definition) is 2. The van der Waals surface area contributed by atoms with Crippen LogP contribution in [0.5, 0.6) is 0 Å². The Bertz CT molecular complexity index is 410. The van der Waals surface area contributed by atoms with Crippen molar-refractivity contribution in [2.45, 2.75) is 52.5 Å². The molecular formula is C18H29NO. The fraction of sp³-hybridized carbons (Fsp3) is 0.667. The number of benzene rings is 1. The number of hydrogen-bond donors (Lipinski definition) is 1. The van der Waals surface area contributed by atoms with Crippen molar-refractivity contribution >= 4 is 0 Å². The highest BCUT2D eigenvalue weighted by Gasteiger charge is 2.20. The SMILES string of the molecule is CCCNC(CC1CCOCC1)c1ccc(C)c(C)c1. The molecule has 0 radical (unpaired) electrons. The fourth-order valence-corrected chi connectivity index (χ4v) is 2.95.